The van der Waals surface area contributed by atoms with Gasteiger partial charge in [-0.15, -0.1) is 0 Å². The highest BCUT2D eigenvalue weighted by atomic mass is 79.9. The molecule has 0 aromatic heterocycles. The van der Waals surface area contributed by atoms with E-state index in [-0.39, 0.29) is 24.7 Å². The Kier molecular flexibility index (Phi) is 4.31. The number of hydrogen-bond acceptors (Lipinski definition) is 5. The van der Waals surface area contributed by atoms with Gasteiger partial charge in [0.15, 0.2) is 11.5 Å². The average Bonchev–Trinajstić information content (AvgIpc) is 3.35. The maximum absolute atomic E-state index is 12.5. The van der Waals surface area contributed by atoms with Crippen LogP contribution in [0.2, 0.25) is 0 Å². The number of esters is 1. The lowest BCUT2D eigenvalue weighted by molar-refractivity contribution is 0.0527. The summed E-state index contributed by atoms with van der Waals surface area (Å²) in [6.45, 7) is 2.42. The third-order valence-electron chi connectivity index (χ3n) is 5.72. The molecule has 0 bridgehead atoms. The maximum Gasteiger partial charge on any atom is 0.340 e. The van der Waals surface area contributed by atoms with Gasteiger partial charge >= 0.3 is 5.97 Å². The van der Waals surface area contributed by atoms with Crippen LogP contribution in [0.15, 0.2) is 47.0 Å². The van der Waals surface area contributed by atoms with Gasteiger partial charge in [-0.3, -0.25) is 0 Å². The van der Waals surface area contributed by atoms with E-state index in [2.05, 4.69) is 39.5 Å². The van der Waals surface area contributed by atoms with Crippen molar-refractivity contribution >= 4 is 27.6 Å². The van der Waals surface area contributed by atoms with Crippen molar-refractivity contribution in [3.63, 3.8) is 0 Å². The van der Waals surface area contributed by atoms with Crippen molar-refractivity contribution in [2.75, 3.05) is 18.7 Å². The van der Waals surface area contributed by atoms with Crippen LogP contribution in [0, 0.1) is 5.92 Å². The second kappa shape index (κ2) is 6.85. The Morgan fingerprint density at radius 3 is 2.89 bits per heavy atom. The van der Waals surface area contributed by atoms with Crippen LogP contribution >= 0.6 is 15.9 Å². The molecule has 1 N–H and O–H groups in total. The molecule has 6 heteroatoms. The summed E-state index contributed by atoms with van der Waals surface area (Å²) >= 11 is 3.71. The van der Waals surface area contributed by atoms with Crippen molar-refractivity contribution in [3.8, 4) is 11.5 Å². The van der Waals surface area contributed by atoms with Crippen LogP contribution < -0.4 is 14.8 Å². The molecule has 3 aliphatic rings. The van der Waals surface area contributed by atoms with Crippen LogP contribution in [-0.2, 0) is 4.74 Å². The van der Waals surface area contributed by atoms with Gasteiger partial charge in [-0.25, -0.2) is 4.79 Å². The molecule has 0 saturated heterocycles. The van der Waals surface area contributed by atoms with Crippen LogP contribution in [0.3, 0.4) is 0 Å². The molecule has 0 unspecified atom stereocenters. The number of fused-ring (bicyclic) bond motifs is 4. The van der Waals surface area contributed by atoms with Crippen molar-refractivity contribution < 1.29 is 19.0 Å². The number of hydrogen-bond donors (Lipinski definition) is 1. The summed E-state index contributed by atoms with van der Waals surface area (Å²) in [6.07, 6.45) is 5.47. The standard InChI is InChI=1S/C22H20BrNO4/c1-2-26-22(25)15-8-4-7-13-12-5-3-6-14(12)21(24-20(13)15)16-9-18-19(10-17(16)23)28-11-27-18/h3-5,7-10,12,14,21,24H,2,6,11H2,1H3/t12-,14-,21+/m0/s1. The predicted octanol–water partition coefficient (Wildman–Crippen LogP) is 5.18. The zero-order chi connectivity index (χ0) is 19.3. The highest BCUT2D eigenvalue weighted by Gasteiger charge is 2.40. The smallest absolute Gasteiger partial charge is 0.340 e. The Morgan fingerprint density at radius 1 is 1.25 bits per heavy atom. The van der Waals surface area contributed by atoms with Gasteiger partial charge in [0.25, 0.3) is 0 Å². The summed E-state index contributed by atoms with van der Waals surface area (Å²) in [5, 5.41) is 3.66. The number of ether oxygens (including phenoxy) is 3. The quantitative estimate of drug-likeness (QED) is 0.525. The van der Waals surface area contributed by atoms with Gasteiger partial charge in [0.05, 0.1) is 23.9 Å². The van der Waals surface area contributed by atoms with Crippen LogP contribution in [0.4, 0.5) is 5.69 Å². The van der Waals surface area contributed by atoms with Crippen molar-refractivity contribution in [2.45, 2.75) is 25.3 Å². The minimum atomic E-state index is -0.296. The summed E-state index contributed by atoms with van der Waals surface area (Å²) in [4.78, 5) is 12.5. The van der Waals surface area contributed by atoms with Crippen molar-refractivity contribution in [2.24, 2.45) is 5.92 Å². The van der Waals surface area contributed by atoms with Crippen LogP contribution in [0.5, 0.6) is 11.5 Å². The van der Waals surface area contributed by atoms with Gasteiger partial charge in [-0.05, 0) is 48.6 Å². The first kappa shape index (κ1) is 17.6. The van der Waals surface area contributed by atoms with Gasteiger partial charge in [-0.1, -0.05) is 40.2 Å². The fourth-order valence-corrected chi connectivity index (χ4v) is 5.05. The van der Waals surface area contributed by atoms with E-state index in [9.17, 15) is 4.79 Å². The topological polar surface area (TPSA) is 56.8 Å². The summed E-state index contributed by atoms with van der Waals surface area (Å²) < 4.78 is 17.4. The molecule has 2 aliphatic heterocycles. The molecule has 2 aromatic rings. The fourth-order valence-electron chi connectivity index (χ4n) is 4.48. The van der Waals surface area contributed by atoms with Crippen LogP contribution in [0.25, 0.3) is 0 Å². The molecule has 0 radical (unpaired) electrons. The Morgan fingerprint density at radius 2 is 2.07 bits per heavy atom. The number of anilines is 1. The Bertz CT molecular complexity index is 987. The average molecular weight is 442 g/mol. The van der Waals surface area contributed by atoms with E-state index in [1.807, 2.05) is 31.2 Å². The Balaban J connectivity index is 1.61. The first-order chi connectivity index (χ1) is 13.7. The molecule has 5 nitrogen and oxygen atoms in total. The van der Waals surface area contributed by atoms with Crippen LogP contribution in [0.1, 0.15) is 46.8 Å². The zero-order valence-corrected chi connectivity index (χ0v) is 17.0. The van der Waals surface area contributed by atoms with Crippen LogP contribution in [-0.4, -0.2) is 19.4 Å². The normalized spacial score (nSPS) is 23.7. The minimum Gasteiger partial charge on any atom is -0.462 e. The van der Waals surface area contributed by atoms with Gasteiger partial charge < -0.3 is 19.5 Å². The molecule has 0 spiro atoms. The Labute approximate surface area is 171 Å². The van der Waals surface area contributed by atoms with E-state index in [1.165, 1.54) is 0 Å². The molecule has 1 aliphatic carbocycles. The third kappa shape index (κ3) is 2.70. The lowest BCUT2D eigenvalue weighted by atomic mass is 9.76. The van der Waals surface area contributed by atoms with E-state index in [0.29, 0.717) is 18.1 Å². The van der Waals surface area contributed by atoms with Gasteiger partial charge in [-0.2, -0.15) is 0 Å². The van der Waals surface area contributed by atoms with E-state index in [0.717, 1.165) is 39.2 Å². The molecule has 5 rings (SSSR count). The summed E-state index contributed by atoms with van der Waals surface area (Å²) in [5.74, 6) is 1.83. The molecular formula is C22H20BrNO4. The van der Waals surface area contributed by atoms with E-state index in [4.69, 9.17) is 14.2 Å². The van der Waals surface area contributed by atoms with Crippen molar-refractivity contribution in [1.29, 1.82) is 0 Å². The van der Waals surface area contributed by atoms with E-state index >= 15 is 0 Å². The summed E-state index contributed by atoms with van der Waals surface area (Å²) in [6, 6.07) is 9.90. The summed E-state index contributed by atoms with van der Waals surface area (Å²) in [7, 11) is 0. The molecule has 3 atom stereocenters. The first-order valence-corrected chi connectivity index (χ1v) is 10.3. The maximum atomic E-state index is 12.5. The molecule has 0 fully saturated rings. The second-order valence-corrected chi connectivity index (χ2v) is 8.05. The molecule has 28 heavy (non-hydrogen) atoms. The molecule has 0 amide bonds. The summed E-state index contributed by atoms with van der Waals surface area (Å²) in [5.41, 5.74) is 3.70. The number of rotatable bonds is 3. The third-order valence-corrected chi connectivity index (χ3v) is 6.41. The highest BCUT2D eigenvalue weighted by Crippen LogP contribution is 2.53. The molecule has 2 aromatic carbocycles. The van der Waals surface area contributed by atoms with Crippen molar-refractivity contribution in [3.05, 3.63) is 63.6 Å². The second-order valence-electron chi connectivity index (χ2n) is 7.19. The van der Waals surface area contributed by atoms with Gasteiger partial charge in [0.1, 0.15) is 0 Å². The zero-order valence-electron chi connectivity index (χ0n) is 15.4. The number of benzene rings is 2. The molecule has 0 saturated carbocycles. The molecule has 2 heterocycles. The number of para-hydroxylation sites is 1. The lowest BCUT2D eigenvalue weighted by Crippen LogP contribution is -2.30. The molecular weight excluding hydrogens is 422 g/mol. The molecule has 144 valence electrons. The predicted molar refractivity (Wildman–Crippen MR) is 109 cm³/mol. The number of carbonyl (C=O) groups excluding carboxylic acids is 1. The fraction of sp³-hybridized carbons (Fsp3) is 0.318. The van der Waals surface area contributed by atoms with Crippen molar-refractivity contribution in [1.82, 2.24) is 0 Å². The first-order valence-electron chi connectivity index (χ1n) is 9.49. The number of nitrogens with one attached hydrogen (secondary N) is 1. The highest BCUT2D eigenvalue weighted by molar-refractivity contribution is 9.10. The van der Waals surface area contributed by atoms with Gasteiger partial charge in [0, 0.05) is 10.4 Å². The monoisotopic (exact) mass is 441 g/mol. The number of halogens is 1. The lowest BCUT2D eigenvalue weighted by Gasteiger charge is -2.38. The Hall–Kier alpha value is -2.47. The van der Waals surface area contributed by atoms with E-state index < -0.39 is 0 Å². The van der Waals surface area contributed by atoms with E-state index in [1.54, 1.807) is 0 Å². The van der Waals surface area contributed by atoms with Gasteiger partial charge in [0.2, 0.25) is 6.79 Å². The largest absolute Gasteiger partial charge is 0.462 e. The SMILES string of the molecule is CCOC(=O)c1cccc2c1N[C@@H](c1cc3c(cc1Br)OCO3)[C@H]1CC=C[C@@H]21. The minimum absolute atomic E-state index is 0.0342. The number of carbonyl (C=O) groups is 1. The number of allylic oxidation sites excluding steroid dienone is 2.